The predicted octanol–water partition coefficient (Wildman–Crippen LogP) is 1.51. The fourth-order valence-electron chi connectivity index (χ4n) is 3.80. The number of hydrogen-bond donors (Lipinski definition) is 3. The number of nitrogens with zero attached hydrogens (tertiary/aromatic N) is 1. The normalized spacial score (nSPS) is 24.2. The third-order valence-electron chi connectivity index (χ3n) is 5.55. The molecule has 1 aliphatic heterocycles. The van der Waals surface area contributed by atoms with Crippen LogP contribution in [0.15, 0.2) is 24.3 Å². The minimum atomic E-state index is -0.716. The lowest BCUT2D eigenvalue weighted by Gasteiger charge is -2.27. The van der Waals surface area contributed by atoms with Gasteiger partial charge in [-0.15, -0.1) is 0 Å². The fraction of sp³-hybridized carbons (Fsp3) is 0.600. The van der Waals surface area contributed by atoms with Crippen LogP contribution in [0.2, 0.25) is 0 Å². The minimum Gasteiger partial charge on any atom is -0.481 e. The summed E-state index contributed by atoms with van der Waals surface area (Å²) < 4.78 is 0. The first-order chi connectivity index (χ1) is 12.6. The Kier molecular flexibility index (Phi) is 6.63. The zero-order chi connectivity index (χ0) is 18.4. The van der Waals surface area contributed by atoms with Gasteiger partial charge in [0.25, 0.3) is 5.91 Å². The van der Waals surface area contributed by atoms with Gasteiger partial charge in [-0.2, -0.15) is 0 Å². The van der Waals surface area contributed by atoms with Gasteiger partial charge in [-0.25, -0.2) is 0 Å². The van der Waals surface area contributed by atoms with Crippen molar-refractivity contribution in [2.24, 2.45) is 5.92 Å². The van der Waals surface area contributed by atoms with E-state index in [0.717, 1.165) is 52.0 Å². The van der Waals surface area contributed by atoms with E-state index in [0.29, 0.717) is 18.4 Å². The molecular weight excluding hydrogens is 330 g/mol. The molecule has 1 amide bonds. The molecule has 0 radical (unpaired) electrons. The Labute approximate surface area is 155 Å². The molecule has 0 unspecified atom stereocenters. The Morgan fingerprint density at radius 3 is 2.35 bits per heavy atom. The number of carboxylic acids is 1. The lowest BCUT2D eigenvalue weighted by Crippen LogP contribution is -2.44. The second-order valence-electron chi connectivity index (χ2n) is 7.40. The molecule has 6 heteroatoms. The monoisotopic (exact) mass is 359 g/mol. The molecule has 0 bridgehead atoms. The first-order valence-electron chi connectivity index (χ1n) is 9.67. The van der Waals surface area contributed by atoms with E-state index in [-0.39, 0.29) is 17.9 Å². The maximum Gasteiger partial charge on any atom is 0.306 e. The average molecular weight is 359 g/mol. The Morgan fingerprint density at radius 1 is 1.08 bits per heavy atom. The molecule has 1 saturated carbocycles. The van der Waals surface area contributed by atoms with Crippen LogP contribution in [0, 0.1) is 5.92 Å². The number of carboxylic acid groups (broad SMARTS) is 1. The Balaban J connectivity index is 1.44. The maximum atomic E-state index is 12.4. The summed E-state index contributed by atoms with van der Waals surface area (Å²) in [5.74, 6) is -1.03. The standard InChI is InChI=1S/C20H29N3O3/c24-19(22-18-7-5-17(6-8-18)20(25)26)16-3-1-15(2-4-16)9-12-23-13-10-21-11-14-23/h1-4,17-18,21H,5-14H2,(H,22,24)(H,25,26). The molecule has 1 saturated heterocycles. The van der Waals surface area contributed by atoms with Gasteiger partial charge in [-0.1, -0.05) is 12.1 Å². The van der Waals surface area contributed by atoms with Crippen LogP contribution in [0.5, 0.6) is 0 Å². The molecule has 142 valence electrons. The molecule has 2 aliphatic rings. The number of aliphatic carboxylic acids is 1. The largest absolute Gasteiger partial charge is 0.481 e. The third-order valence-corrected chi connectivity index (χ3v) is 5.55. The topological polar surface area (TPSA) is 81.7 Å². The molecule has 1 aromatic rings. The van der Waals surface area contributed by atoms with Gasteiger partial charge in [0.05, 0.1) is 5.92 Å². The van der Waals surface area contributed by atoms with Gasteiger partial charge in [0, 0.05) is 44.3 Å². The molecular formula is C20H29N3O3. The zero-order valence-electron chi connectivity index (χ0n) is 15.2. The lowest BCUT2D eigenvalue weighted by atomic mass is 9.86. The summed E-state index contributed by atoms with van der Waals surface area (Å²) in [4.78, 5) is 25.9. The van der Waals surface area contributed by atoms with Crippen molar-refractivity contribution in [1.82, 2.24) is 15.5 Å². The van der Waals surface area contributed by atoms with Gasteiger partial charge in [0.2, 0.25) is 0 Å². The van der Waals surface area contributed by atoms with E-state index in [1.165, 1.54) is 5.56 Å². The van der Waals surface area contributed by atoms with E-state index in [1.807, 2.05) is 24.3 Å². The van der Waals surface area contributed by atoms with Crippen molar-refractivity contribution in [3.63, 3.8) is 0 Å². The molecule has 0 spiro atoms. The highest BCUT2D eigenvalue weighted by molar-refractivity contribution is 5.94. The van der Waals surface area contributed by atoms with Crippen molar-refractivity contribution in [1.29, 1.82) is 0 Å². The van der Waals surface area contributed by atoms with Crippen molar-refractivity contribution in [2.45, 2.75) is 38.1 Å². The van der Waals surface area contributed by atoms with Crippen LogP contribution in [0.1, 0.15) is 41.6 Å². The number of carbonyl (C=O) groups excluding carboxylic acids is 1. The second kappa shape index (κ2) is 9.14. The highest BCUT2D eigenvalue weighted by Crippen LogP contribution is 2.24. The van der Waals surface area contributed by atoms with Crippen LogP contribution in [0.25, 0.3) is 0 Å². The van der Waals surface area contributed by atoms with Crippen LogP contribution in [-0.4, -0.2) is 60.6 Å². The summed E-state index contributed by atoms with van der Waals surface area (Å²) >= 11 is 0. The first kappa shape index (κ1) is 18.9. The summed E-state index contributed by atoms with van der Waals surface area (Å²) in [6.45, 7) is 5.39. The van der Waals surface area contributed by atoms with E-state index in [1.54, 1.807) is 0 Å². The van der Waals surface area contributed by atoms with Crippen molar-refractivity contribution in [3.05, 3.63) is 35.4 Å². The van der Waals surface area contributed by atoms with Gasteiger partial charge in [0.15, 0.2) is 0 Å². The van der Waals surface area contributed by atoms with E-state index in [2.05, 4.69) is 15.5 Å². The van der Waals surface area contributed by atoms with Gasteiger partial charge in [-0.3, -0.25) is 9.59 Å². The number of hydrogen-bond acceptors (Lipinski definition) is 4. The Bertz CT molecular complexity index is 603. The van der Waals surface area contributed by atoms with Crippen molar-refractivity contribution < 1.29 is 14.7 Å². The summed E-state index contributed by atoms with van der Waals surface area (Å²) in [5.41, 5.74) is 1.93. The average Bonchev–Trinajstić information content (AvgIpc) is 2.68. The van der Waals surface area contributed by atoms with Crippen LogP contribution in [0.4, 0.5) is 0 Å². The molecule has 6 nitrogen and oxygen atoms in total. The third kappa shape index (κ3) is 5.29. The first-order valence-corrected chi connectivity index (χ1v) is 9.67. The van der Waals surface area contributed by atoms with E-state index in [9.17, 15) is 9.59 Å². The molecule has 0 atom stereocenters. The molecule has 0 aromatic heterocycles. The van der Waals surface area contributed by atoms with Crippen LogP contribution in [0.3, 0.4) is 0 Å². The molecule has 26 heavy (non-hydrogen) atoms. The number of nitrogens with one attached hydrogen (secondary N) is 2. The van der Waals surface area contributed by atoms with Crippen molar-refractivity contribution in [3.8, 4) is 0 Å². The fourth-order valence-corrected chi connectivity index (χ4v) is 3.80. The number of piperazine rings is 1. The highest BCUT2D eigenvalue weighted by atomic mass is 16.4. The molecule has 3 rings (SSSR count). The predicted molar refractivity (Wildman–Crippen MR) is 100 cm³/mol. The second-order valence-corrected chi connectivity index (χ2v) is 7.40. The Hall–Kier alpha value is -1.92. The van der Waals surface area contributed by atoms with Crippen molar-refractivity contribution in [2.75, 3.05) is 32.7 Å². The quantitative estimate of drug-likeness (QED) is 0.717. The lowest BCUT2D eigenvalue weighted by molar-refractivity contribution is -0.142. The Morgan fingerprint density at radius 2 is 1.73 bits per heavy atom. The van der Waals surface area contributed by atoms with Gasteiger partial charge in [0.1, 0.15) is 0 Å². The van der Waals surface area contributed by atoms with Crippen LogP contribution >= 0.6 is 0 Å². The van der Waals surface area contributed by atoms with E-state index >= 15 is 0 Å². The number of benzene rings is 1. The van der Waals surface area contributed by atoms with Crippen LogP contribution < -0.4 is 10.6 Å². The van der Waals surface area contributed by atoms with Gasteiger partial charge in [-0.05, 0) is 49.8 Å². The molecule has 1 heterocycles. The number of amides is 1. The summed E-state index contributed by atoms with van der Waals surface area (Å²) in [6.07, 6.45) is 3.77. The van der Waals surface area contributed by atoms with Gasteiger partial charge < -0.3 is 20.6 Å². The highest BCUT2D eigenvalue weighted by Gasteiger charge is 2.26. The molecule has 1 aromatic carbocycles. The summed E-state index contributed by atoms with van der Waals surface area (Å²) in [5, 5.41) is 15.5. The minimum absolute atomic E-state index is 0.0579. The number of carbonyl (C=O) groups is 2. The SMILES string of the molecule is O=C(NC1CCC(C(=O)O)CC1)c1ccc(CCN2CCNCC2)cc1. The number of rotatable bonds is 6. The molecule has 2 fully saturated rings. The summed E-state index contributed by atoms with van der Waals surface area (Å²) in [7, 11) is 0. The van der Waals surface area contributed by atoms with Crippen molar-refractivity contribution >= 4 is 11.9 Å². The van der Waals surface area contributed by atoms with Gasteiger partial charge >= 0.3 is 5.97 Å². The molecule has 3 N–H and O–H groups in total. The smallest absolute Gasteiger partial charge is 0.306 e. The maximum absolute atomic E-state index is 12.4. The molecule has 1 aliphatic carbocycles. The van der Waals surface area contributed by atoms with E-state index < -0.39 is 5.97 Å². The van der Waals surface area contributed by atoms with Crippen LogP contribution in [-0.2, 0) is 11.2 Å². The summed E-state index contributed by atoms with van der Waals surface area (Å²) in [6, 6.07) is 7.96. The zero-order valence-corrected chi connectivity index (χ0v) is 15.2. The van der Waals surface area contributed by atoms with E-state index in [4.69, 9.17) is 5.11 Å².